The van der Waals surface area contributed by atoms with Crippen LogP contribution in [0.3, 0.4) is 0 Å². The van der Waals surface area contributed by atoms with Gasteiger partial charge in [-0.3, -0.25) is 9.59 Å². The van der Waals surface area contributed by atoms with Crippen LogP contribution in [0.2, 0.25) is 5.02 Å². The predicted octanol–water partition coefficient (Wildman–Crippen LogP) is 1.02. The van der Waals surface area contributed by atoms with Crippen LogP contribution < -0.4 is 10.6 Å². The standard InChI is InChI=1S/C18H25ClN2O5/c1-25-11-18(24)21-15-7-6-14(26-16(15)10-22)8-17(23)20-9-12-2-4-13(19)5-3-12/h2-5,14-16,22H,6-11H2,1H3,(H,20,23)(H,21,24)/t14-,15+,16-/m1/s1. The molecule has 0 aromatic heterocycles. The number of aliphatic hydroxyl groups excluding tert-OH is 1. The summed E-state index contributed by atoms with van der Waals surface area (Å²) in [6.07, 6.45) is 0.660. The minimum atomic E-state index is -0.529. The zero-order valence-electron chi connectivity index (χ0n) is 14.7. The smallest absolute Gasteiger partial charge is 0.246 e. The van der Waals surface area contributed by atoms with Crippen LogP contribution in [0.1, 0.15) is 24.8 Å². The van der Waals surface area contributed by atoms with Crippen molar-refractivity contribution in [2.24, 2.45) is 0 Å². The second-order valence-corrected chi connectivity index (χ2v) is 6.71. The van der Waals surface area contributed by atoms with E-state index in [2.05, 4.69) is 10.6 Å². The lowest BCUT2D eigenvalue weighted by molar-refractivity contribution is -0.137. The molecule has 7 nitrogen and oxygen atoms in total. The monoisotopic (exact) mass is 384 g/mol. The number of benzene rings is 1. The molecule has 1 fully saturated rings. The zero-order valence-corrected chi connectivity index (χ0v) is 15.5. The van der Waals surface area contributed by atoms with E-state index in [4.69, 9.17) is 21.1 Å². The second-order valence-electron chi connectivity index (χ2n) is 6.27. The summed E-state index contributed by atoms with van der Waals surface area (Å²) in [5.41, 5.74) is 0.960. The van der Waals surface area contributed by atoms with Crippen LogP contribution in [0.25, 0.3) is 0 Å². The predicted molar refractivity (Wildman–Crippen MR) is 96.7 cm³/mol. The lowest BCUT2D eigenvalue weighted by Crippen LogP contribution is -2.52. The highest BCUT2D eigenvalue weighted by molar-refractivity contribution is 6.30. The lowest BCUT2D eigenvalue weighted by Gasteiger charge is -2.35. The molecule has 2 rings (SSSR count). The maximum Gasteiger partial charge on any atom is 0.246 e. The molecule has 1 aliphatic rings. The van der Waals surface area contributed by atoms with Crippen LogP contribution in [0.5, 0.6) is 0 Å². The Bertz CT molecular complexity index is 596. The largest absolute Gasteiger partial charge is 0.394 e. The number of hydrogen-bond donors (Lipinski definition) is 3. The van der Waals surface area contributed by atoms with E-state index in [1.165, 1.54) is 7.11 Å². The van der Waals surface area contributed by atoms with Crippen LogP contribution in [0.4, 0.5) is 0 Å². The van der Waals surface area contributed by atoms with Crippen LogP contribution in [-0.4, -0.2) is 55.5 Å². The van der Waals surface area contributed by atoms with Gasteiger partial charge < -0.3 is 25.2 Å². The normalized spacial score (nSPS) is 22.7. The molecular weight excluding hydrogens is 360 g/mol. The maximum absolute atomic E-state index is 12.1. The third-order valence-electron chi connectivity index (χ3n) is 4.23. The number of amides is 2. The number of nitrogens with one attached hydrogen (secondary N) is 2. The van der Waals surface area contributed by atoms with Crippen LogP contribution in [-0.2, 0) is 25.6 Å². The fourth-order valence-corrected chi connectivity index (χ4v) is 3.03. The average Bonchev–Trinajstić information content (AvgIpc) is 2.62. The van der Waals surface area contributed by atoms with Gasteiger partial charge in [-0.05, 0) is 30.5 Å². The third-order valence-corrected chi connectivity index (χ3v) is 4.49. The van der Waals surface area contributed by atoms with E-state index in [1.54, 1.807) is 12.1 Å². The molecule has 0 unspecified atom stereocenters. The highest BCUT2D eigenvalue weighted by Gasteiger charge is 2.32. The molecule has 0 radical (unpaired) electrons. The van der Waals surface area contributed by atoms with Crippen LogP contribution in [0, 0.1) is 0 Å². The van der Waals surface area contributed by atoms with Gasteiger partial charge in [-0.1, -0.05) is 23.7 Å². The van der Waals surface area contributed by atoms with E-state index in [1.807, 2.05) is 12.1 Å². The van der Waals surface area contributed by atoms with Gasteiger partial charge in [-0.15, -0.1) is 0 Å². The minimum Gasteiger partial charge on any atom is -0.394 e. The van der Waals surface area contributed by atoms with Gasteiger partial charge in [-0.2, -0.15) is 0 Å². The number of methoxy groups -OCH3 is 1. The Morgan fingerprint density at radius 1 is 1.27 bits per heavy atom. The average molecular weight is 385 g/mol. The molecule has 0 aliphatic carbocycles. The number of aliphatic hydroxyl groups is 1. The van der Waals surface area contributed by atoms with Crippen molar-refractivity contribution in [2.75, 3.05) is 20.3 Å². The van der Waals surface area contributed by atoms with Crippen molar-refractivity contribution >= 4 is 23.4 Å². The summed E-state index contributed by atoms with van der Waals surface area (Å²) in [6.45, 7) is 0.161. The molecule has 8 heteroatoms. The van der Waals surface area contributed by atoms with E-state index in [0.29, 0.717) is 24.4 Å². The molecular formula is C18H25ClN2O5. The molecule has 0 bridgehead atoms. The van der Waals surface area contributed by atoms with Gasteiger partial charge in [0, 0.05) is 18.7 Å². The Morgan fingerprint density at radius 3 is 2.65 bits per heavy atom. The van der Waals surface area contributed by atoms with E-state index in [0.717, 1.165) is 5.56 Å². The molecule has 1 heterocycles. The van der Waals surface area contributed by atoms with Crippen LogP contribution >= 0.6 is 11.6 Å². The number of halogens is 1. The van der Waals surface area contributed by atoms with Crippen molar-refractivity contribution in [1.29, 1.82) is 0 Å². The first-order valence-electron chi connectivity index (χ1n) is 8.57. The molecule has 1 aromatic rings. The summed E-state index contributed by atoms with van der Waals surface area (Å²) < 4.78 is 10.6. The molecule has 3 atom stereocenters. The SMILES string of the molecule is COCC(=O)N[C@H]1CC[C@H](CC(=O)NCc2ccc(Cl)cc2)O[C@@H]1CO. The van der Waals surface area contributed by atoms with Gasteiger partial charge in [-0.25, -0.2) is 0 Å². The van der Waals surface area contributed by atoms with Crippen molar-refractivity contribution in [3.8, 4) is 0 Å². The van der Waals surface area contributed by atoms with Gasteiger partial charge in [0.05, 0.1) is 25.2 Å². The zero-order chi connectivity index (χ0) is 18.9. The number of hydrogen-bond acceptors (Lipinski definition) is 5. The summed E-state index contributed by atoms with van der Waals surface area (Å²) in [6, 6.07) is 6.98. The first kappa shape index (κ1) is 20.6. The van der Waals surface area contributed by atoms with Crippen LogP contribution in [0.15, 0.2) is 24.3 Å². The summed E-state index contributed by atoms with van der Waals surface area (Å²) >= 11 is 5.83. The molecule has 26 heavy (non-hydrogen) atoms. The number of rotatable bonds is 8. The molecule has 3 N–H and O–H groups in total. The first-order chi connectivity index (χ1) is 12.5. The van der Waals surface area contributed by atoms with Gasteiger partial charge in [0.2, 0.25) is 11.8 Å². The number of carbonyl (C=O) groups excluding carboxylic acids is 2. The molecule has 2 amide bonds. The fourth-order valence-electron chi connectivity index (χ4n) is 2.91. The molecule has 0 spiro atoms. The van der Waals surface area contributed by atoms with Gasteiger partial charge in [0.1, 0.15) is 12.7 Å². The lowest BCUT2D eigenvalue weighted by atomic mass is 9.97. The summed E-state index contributed by atoms with van der Waals surface area (Å²) in [4.78, 5) is 23.8. The highest BCUT2D eigenvalue weighted by Crippen LogP contribution is 2.22. The Hall–Kier alpha value is -1.67. The van der Waals surface area contributed by atoms with Crippen molar-refractivity contribution in [1.82, 2.24) is 10.6 Å². The van der Waals surface area contributed by atoms with Gasteiger partial charge >= 0.3 is 0 Å². The number of carbonyl (C=O) groups is 2. The second kappa shape index (κ2) is 10.5. The Labute approximate surface area is 158 Å². The topological polar surface area (TPSA) is 96.9 Å². The molecule has 0 saturated carbocycles. The first-order valence-corrected chi connectivity index (χ1v) is 8.95. The van der Waals surface area contributed by atoms with E-state index < -0.39 is 6.10 Å². The highest BCUT2D eigenvalue weighted by atomic mass is 35.5. The molecule has 144 valence electrons. The summed E-state index contributed by atoms with van der Waals surface area (Å²) in [5, 5.41) is 15.8. The third kappa shape index (κ3) is 6.57. The Kier molecular flexibility index (Phi) is 8.31. The fraction of sp³-hybridized carbons (Fsp3) is 0.556. The van der Waals surface area contributed by atoms with E-state index in [9.17, 15) is 14.7 Å². The van der Waals surface area contributed by atoms with Gasteiger partial charge in [0.15, 0.2) is 0 Å². The molecule has 1 saturated heterocycles. The summed E-state index contributed by atoms with van der Waals surface area (Å²) in [7, 11) is 1.44. The van der Waals surface area contributed by atoms with E-state index in [-0.39, 0.29) is 43.6 Å². The molecule has 1 aliphatic heterocycles. The quantitative estimate of drug-likeness (QED) is 0.621. The van der Waals surface area contributed by atoms with Crippen molar-refractivity contribution in [3.05, 3.63) is 34.9 Å². The van der Waals surface area contributed by atoms with Gasteiger partial charge in [0.25, 0.3) is 0 Å². The van der Waals surface area contributed by atoms with Crippen molar-refractivity contribution < 1.29 is 24.2 Å². The van der Waals surface area contributed by atoms with E-state index >= 15 is 0 Å². The Morgan fingerprint density at radius 2 is 2.00 bits per heavy atom. The Balaban J connectivity index is 1.76. The van der Waals surface area contributed by atoms with Crippen molar-refractivity contribution in [3.63, 3.8) is 0 Å². The summed E-state index contributed by atoms with van der Waals surface area (Å²) in [5.74, 6) is -0.373. The maximum atomic E-state index is 12.1. The molecule has 1 aromatic carbocycles. The number of ether oxygens (including phenoxy) is 2. The minimum absolute atomic E-state index is 0.0365. The van der Waals surface area contributed by atoms with Crippen molar-refractivity contribution in [2.45, 2.75) is 44.1 Å².